The Labute approximate surface area is 128 Å². The van der Waals surface area contributed by atoms with Crippen LogP contribution in [0.1, 0.15) is 53.9 Å². The van der Waals surface area contributed by atoms with E-state index in [1.54, 1.807) is 0 Å². The smallest absolute Gasteiger partial charge is 0.407 e. The zero-order chi connectivity index (χ0) is 16.1. The van der Waals surface area contributed by atoms with Gasteiger partial charge in [-0.2, -0.15) is 0 Å². The molecule has 1 aliphatic carbocycles. The Morgan fingerprint density at radius 2 is 1.90 bits per heavy atom. The van der Waals surface area contributed by atoms with Crippen molar-refractivity contribution in [1.82, 2.24) is 10.6 Å². The maximum Gasteiger partial charge on any atom is 0.407 e. The summed E-state index contributed by atoms with van der Waals surface area (Å²) in [5.41, 5.74) is -0.554. The lowest BCUT2D eigenvalue weighted by molar-refractivity contribution is 0.0505. The molecular formula is C16H32N2O3. The number of hydrogen-bond acceptors (Lipinski definition) is 4. The van der Waals surface area contributed by atoms with Crippen LogP contribution in [-0.2, 0) is 4.74 Å². The van der Waals surface area contributed by atoms with Crippen LogP contribution in [-0.4, -0.2) is 42.0 Å². The molecule has 1 saturated carbocycles. The highest BCUT2D eigenvalue weighted by Crippen LogP contribution is 2.31. The van der Waals surface area contributed by atoms with Gasteiger partial charge in [-0.15, -0.1) is 0 Å². The number of carbonyl (C=O) groups is 1. The Bertz CT molecular complexity index is 327. The maximum atomic E-state index is 11.7. The van der Waals surface area contributed by atoms with Crippen molar-refractivity contribution in [2.45, 2.75) is 65.0 Å². The zero-order valence-corrected chi connectivity index (χ0v) is 14.2. The maximum absolute atomic E-state index is 11.7. The van der Waals surface area contributed by atoms with Crippen molar-refractivity contribution in [2.75, 3.05) is 19.7 Å². The molecule has 0 heterocycles. The molecule has 0 radical (unpaired) electrons. The number of alkyl carbamates (subject to hydrolysis) is 1. The van der Waals surface area contributed by atoms with E-state index in [1.165, 1.54) is 6.42 Å². The minimum Gasteiger partial charge on any atom is -0.444 e. The summed E-state index contributed by atoms with van der Waals surface area (Å²) in [5, 5.41) is 15.8. The highest BCUT2D eigenvalue weighted by atomic mass is 16.6. The van der Waals surface area contributed by atoms with Crippen LogP contribution in [0.25, 0.3) is 0 Å². The molecule has 5 heteroatoms. The topological polar surface area (TPSA) is 70.6 Å². The van der Waals surface area contributed by atoms with E-state index >= 15 is 0 Å². The number of amides is 1. The fourth-order valence-corrected chi connectivity index (χ4v) is 2.41. The molecule has 0 bridgehead atoms. The predicted octanol–water partition coefficient (Wildman–Crippen LogP) is 2.29. The fraction of sp³-hybridized carbons (Fsp3) is 0.938. The van der Waals surface area contributed by atoms with E-state index in [0.29, 0.717) is 18.4 Å². The van der Waals surface area contributed by atoms with Gasteiger partial charge in [0.1, 0.15) is 5.60 Å². The van der Waals surface area contributed by atoms with Crippen molar-refractivity contribution >= 4 is 6.09 Å². The highest BCUT2D eigenvalue weighted by Gasteiger charge is 2.36. The molecular weight excluding hydrogens is 268 g/mol. The van der Waals surface area contributed by atoms with Gasteiger partial charge in [-0.1, -0.05) is 13.8 Å². The molecule has 1 aliphatic rings. The van der Waals surface area contributed by atoms with Gasteiger partial charge in [-0.05, 0) is 51.9 Å². The molecule has 5 nitrogen and oxygen atoms in total. The van der Waals surface area contributed by atoms with E-state index in [0.717, 1.165) is 19.4 Å². The third kappa shape index (κ3) is 6.22. The number of hydrogen-bond donors (Lipinski definition) is 3. The molecule has 0 aromatic carbocycles. The lowest BCUT2D eigenvalue weighted by Crippen LogP contribution is -2.56. The normalized spacial score (nSPS) is 19.0. The summed E-state index contributed by atoms with van der Waals surface area (Å²) in [6.45, 7) is 11.4. The second-order valence-corrected chi connectivity index (χ2v) is 7.56. The van der Waals surface area contributed by atoms with E-state index < -0.39 is 5.60 Å². The minimum atomic E-state index is -0.470. The number of ether oxygens (including phenoxy) is 1. The van der Waals surface area contributed by atoms with Gasteiger partial charge < -0.3 is 20.5 Å². The second-order valence-electron chi connectivity index (χ2n) is 7.56. The SMILES string of the molecule is CC(C)C(CNC(=O)OC(C)(C)C)CNC1(CO)CCC1. The first kappa shape index (κ1) is 18.2. The summed E-state index contributed by atoms with van der Waals surface area (Å²) in [6, 6.07) is 0. The summed E-state index contributed by atoms with van der Waals surface area (Å²) >= 11 is 0. The minimum absolute atomic E-state index is 0.0843. The number of aliphatic hydroxyl groups is 1. The van der Waals surface area contributed by atoms with Crippen molar-refractivity contribution in [3.8, 4) is 0 Å². The third-order valence-corrected chi connectivity index (χ3v) is 4.20. The van der Waals surface area contributed by atoms with E-state index in [1.807, 2.05) is 20.8 Å². The molecule has 1 unspecified atom stereocenters. The van der Waals surface area contributed by atoms with Crippen LogP contribution in [0.3, 0.4) is 0 Å². The summed E-state index contributed by atoms with van der Waals surface area (Å²) in [5.74, 6) is 0.768. The summed E-state index contributed by atoms with van der Waals surface area (Å²) in [7, 11) is 0. The van der Waals surface area contributed by atoms with Crippen molar-refractivity contribution in [1.29, 1.82) is 0 Å². The average Bonchev–Trinajstić information content (AvgIpc) is 2.29. The van der Waals surface area contributed by atoms with Crippen LogP contribution in [0.15, 0.2) is 0 Å². The fourth-order valence-electron chi connectivity index (χ4n) is 2.41. The Morgan fingerprint density at radius 1 is 1.29 bits per heavy atom. The van der Waals surface area contributed by atoms with Crippen LogP contribution < -0.4 is 10.6 Å². The van der Waals surface area contributed by atoms with Crippen molar-refractivity contribution in [3.63, 3.8) is 0 Å². The lowest BCUT2D eigenvalue weighted by atomic mass is 9.77. The van der Waals surface area contributed by atoms with Gasteiger partial charge >= 0.3 is 6.09 Å². The third-order valence-electron chi connectivity index (χ3n) is 4.20. The highest BCUT2D eigenvalue weighted by molar-refractivity contribution is 5.67. The Kier molecular flexibility index (Phi) is 6.47. The number of nitrogens with one attached hydrogen (secondary N) is 2. The Balaban J connectivity index is 2.38. The Morgan fingerprint density at radius 3 is 2.29 bits per heavy atom. The Hall–Kier alpha value is -0.810. The van der Waals surface area contributed by atoms with Crippen molar-refractivity contribution < 1.29 is 14.6 Å². The van der Waals surface area contributed by atoms with Crippen LogP contribution in [0.4, 0.5) is 4.79 Å². The van der Waals surface area contributed by atoms with Gasteiger partial charge in [-0.3, -0.25) is 0 Å². The van der Waals surface area contributed by atoms with E-state index in [9.17, 15) is 9.90 Å². The number of aliphatic hydroxyl groups excluding tert-OH is 1. The standard InChI is InChI=1S/C16H32N2O3/c1-12(2)13(9-17-14(20)21-15(3,4)5)10-18-16(11-19)7-6-8-16/h12-13,18-19H,6-11H2,1-5H3,(H,17,20). The molecule has 0 aliphatic heterocycles. The monoisotopic (exact) mass is 300 g/mol. The van der Waals surface area contributed by atoms with Gasteiger partial charge in [0.05, 0.1) is 6.61 Å². The molecule has 21 heavy (non-hydrogen) atoms. The van der Waals surface area contributed by atoms with Gasteiger partial charge in [0.25, 0.3) is 0 Å². The quantitative estimate of drug-likeness (QED) is 0.674. The second kappa shape index (κ2) is 7.45. The van der Waals surface area contributed by atoms with E-state index in [2.05, 4.69) is 24.5 Å². The molecule has 0 saturated heterocycles. The van der Waals surface area contributed by atoms with Crippen LogP contribution in [0.2, 0.25) is 0 Å². The van der Waals surface area contributed by atoms with Gasteiger partial charge in [0.15, 0.2) is 0 Å². The molecule has 0 spiro atoms. The predicted molar refractivity (Wildman–Crippen MR) is 84.2 cm³/mol. The van der Waals surface area contributed by atoms with Crippen LogP contribution in [0, 0.1) is 11.8 Å². The molecule has 1 atom stereocenters. The van der Waals surface area contributed by atoms with Gasteiger partial charge in [0.2, 0.25) is 0 Å². The molecule has 1 rings (SSSR count). The van der Waals surface area contributed by atoms with Crippen LogP contribution in [0.5, 0.6) is 0 Å². The first-order valence-corrected chi connectivity index (χ1v) is 8.00. The zero-order valence-electron chi connectivity index (χ0n) is 14.2. The summed E-state index contributed by atoms with van der Waals surface area (Å²) in [6.07, 6.45) is 2.88. The van der Waals surface area contributed by atoms with E-state index in [4.69, 9.17) is 4.74 Å². The average molecular weight is 300 g/mol. The molecule has 1 fully saturated rings. The van der Waals surface area contributed by atoms with E-state index in [-0.39, 0.29) is 18.2 Å². The molecule has 124 valence electrons. The molecule has 0 aromatic rings. The van der Waals surface area contributed by atoms with Crippen molar-refractivity contribution in [3.05, 3.63) is 0 Å². The van der Waals surface area contributed by atoms with Gasteiger partial charge in [-0.25, -0.2) is 4.79 Å². The summed E-state index contributed by atoms with van der Waals surface area (Å²) in [4.78, 5) is 11.7. The van der Waals surface area contributed by atoms with Gasteiger partial charge in [0, 0.05) is 18.6 Å². The molecule has 3 N–H and O–H groups in total. The molecule has 1 amide bonds. The number of rotatable bonds is 7. The lowest BCUT2D eigenvalue weighted by Gasteiger charge is -2.42. The first-order chi connectivity index (χ1) is 9.67. The van der Waals surface area contributed by atoms with Crippen LogP contribution >= 0.6 is 0 Å². The first-order valence-electron chi connectivity index (χ1n) is 8.00. The molecule has 0 aromatic heterocycles. The largest absolute Gasteiger partial charge is 0.444 e. The summed E-state index contributed by atoms with van der Waals surface area (Å²) < 4.78 is 5.26. The van der Waals surface area contributed by atoms with Crippen molar-refractivity contribution in [2.24, 2.45) is 11.8 Å². The number of carbonyl (C=O) groups excluding carboxylic acids is 1.